The number of hydrogen-bond donors (Lipinski definition) is 1. The number of phenols is 1. The van der Waals surface area contributed by atoms with Gasteiger partial charge in [-0.25, -0.2) is 4.79 Å². The van der Waals surface area contributed by atoms with Crippen LogP contribution in [0.25, 0.3) is 0 Å². The first kappa shape index (κ1) is 16.8. The van der Waals surface area contributed by atoms with E-state index in [1.807, 2.05) is 30.3 Å². The van der Waals surface area contributed by atoms with Gasteiger partial charge in [-0.05, 0) is 17.7 Å². The summed E-state index contributed by atoms with van der Waals surface area (Å²) in [4.78, 5) is 24.7. The Morgan fingerprint density at radius 2 is 1.67 bits per heavy atom. The first-order valence-electron chi connectivity index (χ1n) is 8.51. The van der Waals surface area contributed by atoms with E-state index in [1.165, 1.54) is 12.1 Å². The minimum atomic E-state index is -0.559. The summed E-state index contributed by atoms with van der Waals surface area (Å²) in [6.45, 7) is 0. The van der Waals surface area contributed by atoms with Crippen LogP contribution in [0, 0.1) is 0 Å². The van der Waals surface area contributed by atoms with Crippen LogP contribution in [0.15, 0.2) is 72.8 Å². The molecule has 0 unspecified atom stereocenters. The molecule has 5 heteroatoms. The molecule has 1 heterocycles. The first-order chi connectivity index (χ1) is 13.1. The number of carbonyl (C=O) groups excluding carboxylic acids is 2. The average molecular weight is 360 g/mol. The molecule has 3 aromatic carbocycles. The van der Waals surface area contributed by atoms with Gasteiger partial charge < -0.3 is 14.6 Å². The molecule has 1 aliphatic heterocycles. The van der Waals surface area contributed by atoms with Gasteiger partial charge in [-0.15, -0.1) is 0 Å². The highest BCUT2D eigenvalue weighted by Crippen LogP contribution is 2.41. The van der Waals surface area contributed by atoms with E-state index in [9.17, 15) is 14.7 Å². The van der Waals surface area contributed by atoms with Crippen LogP contribution in [0.2, 0.25) is 0 Å². The van der Waals surface area contributed by atoms with Crippen LogP contribution in [-0.2, 0) is 0 Å². The summed E-state index contributed by atoms with van der Waals surface area (Å²) in [6, 6.07) is 20.6. The molecule has 0 spiro atoms. The maximum Gasteiger partial charge on any atom is 0.343 e. The van der Waals surface area contributed by atoms with E-state index in [1.54, 1.807) is 30.3 Å². The largest absolute Gasteiger partial charge is 0.507 e. The van der Waals surface area contributed by atoms with Crippen molar-refractivity contribution in [1.29, 1.82) is 0 Å². The lowest BCUT2D eigenvalue weighted by atomic mass is 9.95. The molecule has 1 N–H and O–H groups in total. The van der Waals surface area contributed by atoms with Crippen molar-refractivity contribution in [2.45, 2.75) is 12.5 Å². The number of aromatic hydroxyl groups is 1. The molecule has 0 bridgehead atoms. The molecule has 3 aromatic rings. The van der Waals surface area contributed by atoms with Gasteiger partial charge in [0.1, 0.15) is 28.9 Å². The Labute approximate surface area is 155 Å². The van der Waals surface area contributed by atoms with E-state index < -0.39 is 12.1 Å². The third kappa shape index (κ3) is 3.40. The maximum absolute atomic E-state index is 12.5. The zero-order valence-electron chi connectivity index (χ0n) is 14.3. The lowest BCUT2D eigenvalue weighted by molar-refractivity contribution is 0.0733. The zero-order chi connectivity index (χ0) is 18.8. The zero-order valence-corrected chi connectivity index (χ0v) is 14.3. The van der Waals surface area contributed by atoms with Crippen molar-refractivity contribution < 1.29 is 24.2 Å². The van der Waals surface area contributed by atoms with E-state index in [4.69, 9.17) is 9.47 Å². The van der Waals surface area contributed by atoms with Crippen LogP contribution >= 0.6 is 0 Å². The van der Waals surface area contributed by atoms with Gasteiger partial charge in [0.2, 0.25) is 0 Å². The van der Waals surface area contributed by atoms with Crippen LogP contribution in [0.4, 0.5) is 0 Å². The van der Waals surface area contributed by atoms with Crippen LogP contribution < -0.4 is 9.47 Å². The van der Waals surface area contributed by atoms with Crippen molar-refractivity contribution in [1.82, 2.24) is 0 Å². The Kier molecular flexibility index (Phi) is 4.34. The van der Waals surface area contributed by atoms with E-state index in [0.29, 0.717) is 5.56 Å². The Balaban J connectivity index is 1.64. The molecular weight excluding hydrogens is 344 g/mol. The van der Waals surface area contributed by atoms with Crippen LogP contribution in [0.5, 0.6) is 17.2 Å². The minimum Gasteiger partial charge on any atom is -0.507 e. The SMILES string of the molecule is O=C(Oc1cc(O)c2c(c1)O[C@@H](c1ccccc1)CC2=O)c1ccccc1. The Hall–Kier alpha value is -3.60. The minimum absolute atomic E-state index is 0.113. The quantitative estimate of drug-likeness (QED) is 0.556. The smallest absolute Gasteiger partial charge is 0.343 e. The van der Waals surface area contributed by atoms with Gasteiger partial charge in [0.25, 0.3) is 0 Å². The lowest BCUT2D eigenvalue weighted by Crippen LogP contribution is -2.20. The molecule has 0 aromatic heterocycles. The van der Waals surface area contributed by atoms with Gasteiger partial charge in [0.05, 0.1) is 12.0 Å². The molecule has 134 valence electrons. The molecule has 0 radical (unpaired) electrons. The van der Waals surface area contributed by atoms with E-state index >= 15 is 0 Å². The van der Waals surface area contributed by atoms with Gasteiger partial charge in [-0.3, -0.25) is 4.79 Å². The molecule has 0 fully saturated rings. The number of hydrogen-bond acceptors (Lipinski definition) is 5. The number of fused-ring (bicyclic) bond motifs is 1. The summed E-state index contributed by atoms with van der Waals surface area (Å²) < 4.78 is 11.3. The Morgan fingerprint density at radius 1 is 1.00 bits per heavy atom. The highest BCUT2D eigenvalue weighted by Gasteiger charge is 2.31. The second-order valence-electron chi connectivity index (χ2n) is 6.22. The van der Waals surface area contributed by atoms with Crippen molar-refractivity contribution in [2.75, 3.05) is 0 Å². The number of carbonyl (C=O) groups is 2. The first-order valence-corrected chi connectivity index (χ1v) is 8.51. The van der Waals surface area contributed by atoms with Crippen LogP contribution in [0.1, 0.15) is 38.8 Å². The van der Waals surface area contributed by atoms with Crippen molar-refractivity contribution in [3.63, 3.8) is 0 Å². The third-order valence-corrected chi connectivity index (χ3v) is 4.37. The fraction of sp³-hybridized carbons (Fsp3) is 0.0909. The number of Topliss-reactive ketones (excluding diaryl/α,β-unsaturated/α-hetero) is 1. The molecular formula is C22H16O5. The van der Waals surface area contributed by atoms with Crippen LogP contribution in [-0.4, -0.2) is 16.9 Å². The Morgan fingerprint density at radius 3 is 2.37 bits per heavy atom. The van der Waals surface area contributed by atoms with Crippen LogP contribution in [0.3, 0.4) is 0 Å². The number of ketones is 1. The topological polar surface area (TPSA) is 72.8 Å². The number of esters is 1. The third-order valence-electron chi connectivity index (χ3n) is 4.37. The molecule has 5 nitrogen and oxygen atoms in total. The van der Waals surface area contributed by atoms with E-state index in [2.05, 4.69) is 0 Å². The summed E-state index contributed by atoms with van der Waals surface area (Å²) in [5, 5.41) is 10.3. The lowest BCUT2D eigenvalue weighted by Gasteiger charge is -2.26. The number of ether oxygens (including phenoxy) is 2. The summed E-state index contributed by atoms with van der Waals surface area (Å²) in [5.74, 6) is -0.724. The molecule has 0 aliphatic carbocycles. The van der Waals surface area contributed by atoms with Gasteiger partial charge >= 0.3 is 5.97 Å². The van der Waals surface area contributed by atoms with E-state index in [0.717, 1.165) is 5.56 Å². The van der Waals surface area contributed by atoms with Crippen molar-refractivity contribution >= 4 is 11.8 Å². The van der Waals surface area contributed by atoms with Crippen molar-refractivity contribution in [3.8, 4) is 17.2 Å². The summed E-state index contributed by atoms with van der Waals surface area (Å²) >= 11 is 0. The number of phenolic OH excluding ortho intramolecular Hbond substituents is 1. The number of rotatable bonds is 3. The molecule has 4 rings (SSSR count). The van der Waals surface area contributed by atoms with Gasteiger partial charge in [-0.2, -0.15) is 0 Å². The molecule has 1 atom stereocenters. The highest BCUT2D eigenvalue weighted by atomic mass is 16.5. The molecule has 0 amide bonds. The molecule has 0 saturated carbocycles. The van der Waals surface area contributed by atoms with Gasteiger partial charge in [0.15, 0.2) is 5.78 Å². The Bertz CT molecular complexity index is 996. The van der Waals surface area contributed by atoms with Crippen molar-refractivity contribution in [3.05, 3.63) is 89.5 Å². The van der Waals surface area contributed by atoms with Crippen molar-refractivity contribution in [2.24, 2.45) is 0 Å². The average Bonchev–Trinajstić information content (AvgIpc) is 2.68. The molecule has 27 heavy (non-hydrogen) atoms. The predicted molar refractivity (Wildman–Crippen MR) is 98.3 cm³/mol. The summed E-state index contributed by atoms with van der Waals surface area (Å²) in [7, 11) is 0. The fourth-order valence-corrected chi connectivity index (χ4v) is 3.07. The number of benzene rings is 3. The highest BCUT2D eigenvalue weighted by molar-refractivity contribution is 6.03. The van der Waals surface area contributed by atoms with Gasteiger partial charge in [-0.1, -0.05) is 48.5 Å². The second kappa shape index (κ2) is 6.96. The maximum atomic E-state index is 12.5. The molecule has 1 aliphatic rings. The summed E-state index contributed by atoms with van der Waals surface area (Å²) in [6.07, 6.45) is -0.320. The van der Waals surface area contributed by atoms with Gasteiger partial charge in [0, 0.05) is 12.1 Å². The summed E-state index contributed by atoms with van der Waals surface area (Å²) in [5.41, 5.74) is 1.36. The molecule has 0 saturated heterocycles. The predicted octanol–water partition coefficient (Wildman–Crippen LogP) is 4.32. The second-order valence-corrected chi connectivity index (χ2v) is 6.22. The normalized spacial score (nSPS) is 15.6. The monoisotopic (exact) mass is 360 g/mol. The standard InChI is InChI=1S/C22H16O5/c23-17-11-16(26-22(25)15-9-5-2-6-10-15)12-20-21(17)18(24)13-19(27-20)14-7-3-1-4-8-14/h1-12,19,23H,13H2/t19-/m1/s1. The van der Waals surface area contributed by atoms with E-state index in [-0.39, 0.29) is 35.0 Å². The fourth-order valence-electron chi connectivity index (χ4n) is 3.07.